The van der Waals surface area contributed by atoms with E-state index in [0.29, 0.717) is 11.4 Å². The molecule has 0 radical (unpaired) electrons. The Kier molecular flexibility index (Phi) is 3.01. The van der Waals surface area contributed by atoms with Crippen LogP contribution in [0.1, 0.15) is 28.6 Å². The first kappa shape index (κ1) is 11.3. The zero-order valence-corrected chi connectivity index (χ0v) is 10.5. The van der Waals surface area contributed by atoms with Gasteiger partial charge in [0.15, 0.2) is 0 Å². The van der Waals surface area contributed by atoms with Gasteiger partial charge in [0.2, 0.25) is 0 Å². The quantitative estimate of drug-likeness (QED) is 0.794. The fourth-order valence-corrected chi connectivity index (χ4v) is 2.66. The molecule has 3 heterocycles. The molecule has 1 atom stereocenters. The van der Waals surface area contributed by atoms with Crippen LogP contribution >= 0.6 is 11.5 Å². The molecule has 0 aliphatic carbocycles. The van der Waals surface area contributed by atoms with E-state index in [1.807, 2.05) is 9.58 Å². The van der Waals surface area contributed by atoms with E-state index in [-0.39, 0.29) is 11.9 Å². The summed E-state index contributed by atoms with van der Waals surface area (Å²) in [6, 6.07) is 0.214. The zero-order valence-electron chi connectivity index (χ0n) is 9.64. The van der Waals surface area contributed by atoms with E-state index in [1.165, 1.54) is 12.5 Å². The van der Waals surface area contributed by atoms with Crippen LogP contribution in [0.5, 0.6) is 0 Å². The van der Waals surface area contributed by atoms with Gasteiger partial charge in [0, 0.05) is 13.1 Å². The van der Waals surface area contributed by atoms with Crippen molar-refractivity contribution in [3.63, 3.8) is 0 Å². The first-order chi connectivity index (χ1) is 8.84. The van der Waals surface area contributed by atoms with Crippen molar-refractivity contribution in [1.82, 2.24) is 29.3 Å². The summed E-state index contributed by atoms with van der Waals surface area (Å²) in [7, 11) is 0. The maximum atomic E-state index is 12.2. The van der Waals surface area contributed by atoms with Crippen LogP contribution in [0.4, 0.5) is 0 Å². The zero-order chi connectivity index (χ0) is 12.4. The summed E-state index contributed by atoms with van der Waals surface area (Å²) in [5.41, 5.74) is 0. The van der Waals surface area contributed by atoms with E-state index in [9.17, 15) is 4.79 Å². The second-order valence-electron chi connectivity index (χ2n) is 4.20. The van der Waals surface area contributed by atoms with Crippen molar-refractivity contribution in [2.75, 3.05) is 13.1 Å². The molecule has 1 saturated heterocycles. The monoisotopic (exact) mass is 264 g/mol. The molecular weight excluding hydrogens is 252 g/mol. The van der Waals surface area contributed by atoms with E-state index in [1.54, 1.807) is 6.33 Å². The summed E-state index contributed by atoms with van der Waals surface area (Å²) in [5, 5.41) is 7.84. The maximum Gasteiger partial charge on any atom is 0.267 e. The van der Waals surface area contributed by atoms with Gasteiger partial charge in [-0.15, -0.1) is 5.10 Å². The highest BCUT2D eigenvalue weighted by Gasteiger charge is 2.26. The van der Waals surface area contributed by atoms with Crippen molar-refractivity contribution < 1.29 is 4.79 Å². The van der Waals surface area contributed by atoms with Crippen LogP contribution in [-0.2, 0) is 0 Å². The molecule has 1 aliphatic heterocycles. The highest BCUT2D eigenvalue weighted by atomic mass is 32.1. The number of carbonyl (C=O) groups is 1. The van der Waals surface area contributed by atoms with Crippen LogP contribution in [-0.4, -0.2) is 48.2 Å². The minimum Gasteiger partial charge on any atom is -0.336 e. The fourth-order valence-electron chi connectivity index (χ4n) is 2.18. The van der Waals surface area contributed by atoms with E-state index in [2.05, 4.69) is 19.7 Å². The molecule has 0 N–H and O–H groups in total. The lowest BCUT2D eigenvalue weighted by Crippen LogP contribution is -2.40. The Hall–Kier alpha value is -1.83. The van der Waals surface area contributed by atoms with Gasteiger partial charge in [-0.25, -0.2) is 9.67 Å². The molecule has 0 spiro atoms. The Morgan fingerprint density at radius 2 is 2.44 bits per heavy atom. The summed E-state index contributed by atoms with van der Waals surface area (Å²) < 4.78 is 5.55. The summed E-state index contributed by atoms with van der Waals surface area (Å²) in [6.07, 6.45) is 6.74. The van der Waals surface area contributed by atoms with E-state index >= 15 is 0 Å². The van der Waals surface area contributed by atoms with Crippen LogP contribution in [0.3, 0.4) is 0 Å². The van der Waals surface area contributed by atoms with Crippen LogP contribution in [0.2, 0.25) is 0 Å². The largest absolute Gasteiger partial charge is 0.336 e. The molecule has 0 aromatic carbocycles. The lowest BCUT2D eigenvalue weighted by Gasteiger charge is -2.32. The number of nitrogens with zero attached hydrogens (tertiary/aromatic N) is 6. The second kappa shape index (κ2) is 4.81. The Bertz CT molecular complexity index is 510. The number of aromatic nitrogens is 5. The third kappa shape index (κ3) is 2.10. The predicted octanol–water partition coefficient (Wildman–Crippen LogP) is 0.607. The third-order valence-electron chi connectivity index (χ3n) is 3.07. The van der Waals surface area contributed by atoms with Gasteiger partial charge >= 0.3 is 0 Å². The number of piperidine rings is 1. The summed E-state index contributed by atoms with van der Waals surface area (Å²) >= 11 is 1.14. The number of amides is 1. The van der Waals surface area contributed by atoms with Gasteiger partial charge < -0.3 is 4.90 Å². The van der Waals surface area contributed by atoms with Crippen molar-refractivity contribution in [2.24, 2.45) is 0 Å². The van der Waals surface area contributed by atoms with Crippen molar-refractivity contribution in [3.05, 3.63) is 23.7 Å². The standard InChI is InChI=1S/C10H12N6OS/c17-10(9-4-12-14-18-9)15-3-1-2-8(5-15)16-7-11-6-13-16/h4,6-8H,1-3,5H2/t8-/m0/s1. The van der Waals surface area contributed by atoms with Gasteiger partial charge in [-0.3, -0.25) is 4.79 Å². The van der Waals surface area contributed by atoms with Gasteiger partial charge in [0.05, 0.1) is 12.2 Å². The molecule has 0 saturated carbocycles. The smallest absolute Gasteiger partial charge is 0.267 e. The van der Waals surface area contributed by atoms with Crippen molar-refractivity contribution in [3.8, 4) is 0 Å². The topological polar surface area (TPSA) is 76.8 Å². The van der Waals surface area contributed by atoms with E-state index < -0.39 is 0 Å². The highest BCUT2D eigenvalue weighted by molar-refractivity contribution is 7.07. The SMILES string of the molecule is O=C(c1cnns1)N1CCC[C@H](n2cncn2)C1. The molecule has 8 heteroatoms. The summed E-state index contributed by atoms with van der Waals surface area (Å²) in [6.45, 7) is 1.45. The number of carbonyl (C=O) groups excluding carboxylic acids is 1. The van der Waals surface area contributed by atoms with Gasteiger partial charge in [0.25, 0.3) is 5.91 Å². The molecule has 18 heavy (non-hydrogen) atoms. The average Bonchev–Trinajstić information content (AvgIpc) is 3.11. The van der Waals surface area contributed by atoms with Crippen molar-refractivity contribution in [2.45, 2.75) is 18.9 Å². The highest BCUT2D eigenvalue weighted by Crippen LogP contribution is 2.22. The van der Waals surface area contributed by atoms with Gasteiger partial charge in [-0.05, 0) is 24.4 Å². The van der Waals surface area contributed by atoms with Gasteiger partial charge in [0.1, 0.15) is 17.5 Å². The molecular formula is C10H12N6OS. The predicted molar refractivity (Wildman–Crippen MR) is 64.1 cm³/mol. The first-order valence-electron chi connectivity index (χ1n) is 5.75. The first-order valence-corrected chi connectivity index (χ1v) is 6.52. The van der Waals surface area contributed by atoms with Crippen LogP contribution in [0.15, 0.2) is 18.9 Å². The second-order valence-corrected chi connectivity index (χ2v) is 4.99. The van der Waals surface area contributed by atoms with Crippen molar-refractivity contribution >= 4 is 17.4 Å². The molecule has 0 bridgehead atoms. The molecule has 0 unspecified atom stereocenters. The van der Waals surface area contributed by atoms with Gasteiger partial charge in [-0.1, -0.05) is 4.49 Å². The molecule has 94 valence electrons. The Morgan fingerprint density at radius 1 is 1.50 bits per heavy atom. The normalized spacial score (nSPS) is 20.0. The number of rotatable bonds is 2. The Morgan fingerprint density at radius 3 is 3.17 bits per heavy atom. The van der Waals surface area contributed by atoms with E-state index in [0.717, 1.165) is 30.9 Å². The summed E-state index contributed by atoms with van der Waals surface area (Å²) in [5.74, 6) is 0.00909. The molecule has 7 nitrogen and oxygen atoms in total. The van der Waals surface area contributed by atoms with Crippen molar-refractivity contribution in [1.29, 1.82) is 0 Å². The molecule has 3 rings (SSSR count). The van der Waals surface area contributed by atoms with Gasteiger partial charge in [-0.2, -0.15) is 5.10 Å². The molecule has 2 aromatic heterocycles. The average molecular weight is 264 g/mol. The maximum absolute atomic E-state index is 12.2. The Balaban J connectivity index is 1.73. The fraction of sp³-hybridized carbons (Fsp3) is 0.500. The lowest BCUT2D eigenvalue weighted by atomic mass is 10.1. The minimum atomic E-state index is 0.00909. The van der Waals surface area contributed by atoms with E-state index in [4.69, 9.17) is 0 Å². The minimum absolute atomic E-state index is 0.00909. The molecule has 1 fully saturated rings. The molecule has 2 aromatic rings. The number of hydrogen-bond donors (Lipinski definition) is 0. The third-order valence-corrected chi connectivity index (χ3v) is 3.72. The lowest BCUT2D eigenvalue weighted by molar-refractivity contribution is 0.0677. The number of likely N-dealkylation sites (tertiary alicyclic amines) is 1. The van der Waals surface area contributed by atoms with Crippen LogP contribution < -0.4 is 0 Å². The number of hydrogen-bond acceptors (Lipinski definition) is 6. The molecule has 1 aliphatic rings. The van der Waals surface area contributed by atoms with Crippen LogP contribution in [0, 0.1) is 0 Å². The summed E-state index contributed by atoms with van der Waals surface area (Å²) in [4.78, 5) is 18.6. The van der Waals surface area contributed by atoms with Crippen LogP contribution in [0.25, 0.3) is 0 Å². The Labute approximate surface area is 108 Å². The molecule has 1 amide bonds.